The van der Waals surface area contributed by atoms with E-state index in [4.69, 9.17) is 0 Å². The molecule has 3 heterocycles. The fraction of sp³-hybridized carbons (Fsp3) is 0. The number of hydrogen-bond acceptors (Lipinski definition) is 0. The van der Waals surface area contributed by atoms with Gasteiger partial charge in [0.15, 0.2) is 0 Å². The van der Waals surface area contributed by atoms with E-state index in [9.17, 15) is 0 Å². The first-order valence-corrected chi connectivity index (χ1v) is 20.3. The number of rotatable bonds is 4. The molecule has 0 saturated heterocycles. The minimum atomic E-state index is 1.16. The molecule has 0 amide bonds. The number of aromatic nitrogens is 3. The van der Waals surface area contributed by atoms with E-state index in [2.05, 4.69) is 226 Å². The molecule has 0 aliphatic carbocycles. The van der Waals surface area contributed by atoms with Gasteiger partial charge in [0, 0.05) is 49.4 Å². The van der Waals surface area contributed by atoms with Gasteiger partial charge in [-0.1, -0.05) is 127 Å². The first-order chi connectivity index (χ1) is 29.3. The Morgan fingerprint density at radius 2 is 0.644 bits per heavy atom. The maximum absolute atomic E-state index is 2.47. The van der Waals surface area contributed by atoms with Crippen molar-refractivity contribution in [2.45, 2.75) is 0 Å². The van der Waals surface area contributed by atoms with E-state index in [0.717, 1.165) is 11.4 Å². The predicted octanol–water partition coefficient (Wildman–Crippen LogP) is 15.0. The molecule has 274 valence electrons. The second-order valence-electron chi connectivity index (χ2n) is 15.8. The minimum Gasteiger partial charge on any atom is -0.309 e. The Hall–Kier alpha value is -7.88. The average Bonchev–Trinajstić information content (AvgIpc) is 3.94. The van der Waals surface area contributed by atoms with E-state index in [1.807, 2.05) is 0 Å². The van der Waals surface area contributed by atoms with Gasteiger partial charge in [0.2, 0.25) is 0 Å². The van der Waals surface area contributed by atoms with Crippen molar-refractivity contribution in [3.63, 3.8) is 0 Å². The Labute approximate surface area is 339 Å². The van der Waals surface area contributed by atoms with Crippen LogP contribution in [0.4, 0.5) is 0 Å². The van der Waals surface area contributed by atoms with Gasteiger partial charge in [-0.25, -0.2) is 0 Å². The molecule has 59 heavy (non-hydrogen) atoms. The summed E-state index contributed by atoms with van der Waals surface area (Å²) in [5, 5.41) is 12.5. The van der Waals surface area contributed by atoms with Crippen molar-refractivity contribution < 1.29 is 0 Å². The third-order valence-corrected chi connectivity index (χ3v) is 12.6. The van der Waals surface area contributed by atoms with Gasteiger partial charge in [0.25, 0.3) is 0 Å². The molecule has 3 aromatic heterocycles. The van der Waals surface area contributed by atoms with Gasteiger partial charge < -0.3 is 13.7 Å². The van der Waals surface area contributed by atoms with Crippen LogP contribution in [0.3, 0.4) is 0 Å². The summed E-state index contributed by atoms with van der Waals surface area (Å²) in [5.74, 6) is 0. The third-order valence-electron chi connectivity index (χ3n) is 12.6. The van der Waals surface area contributed by atoms with Crippen molar-refractivity contribution in [2.75, 3.05) is 0 Å². The first kappa shape index (κ1) is 32.2. The van der Waals surface area contributed by atoms with Crippen LogP contribution in [-0.2, 0) is 0 Å². The molecule has 10 aromatic carbocycles. The van der Waals surface area contributed by atoms with Crippen molar-refractivity contribution in [1.82, 2.24) is 13.7 Å². The highest BCUT2D eigenvalue weighted by molar-refractivity contribution is 6.29. The van der Waals surface area contributed by atoms with E-state index < -0.39 is 0 Å². The van der Waals surface area contributed by atoms with Crippen LogP contribution in [0.2, 0.25) is 0 Å². The summed E-state index contributed by atoms with van der Waals surface area (Å²) < 4.78 is 7.31. The second kappa shape index (κ2) is 12.3. The Balaban J connectivity index is 1.09. The minimum absolute atomic E-state index is 1.16. The van der Waals surface area contributed by atoms with Crippen LogP contribution < -0.4 is 0 Å². The summed E-state index contributed by atoms with van der Waals surface area (Å²) in [4.78, 5) is 0. The smallest absolute Gasteiger partial charge is 0.0548 e. The van der Waals surface area contributed by atoms with Crippen LogP contribution in [0.25, 0.3) is 115 Å². The molecule has 0 N–H and O–H groups in total. The Kier molecular flexibility index (Phi) is 6.72. The highest BCUT2D eigenvalue weighted by atomic mass is 15.0. The molecule has 0 spiro atoms. The van der Waals surface area contributed by atoms with Crippen molar-refractivity contribution in [2.24, 2.45) is 0 Å². The van der Waals surface area contributed by atoms with Gasteiger partial charge >= 0.3 is 0 Å². The summed E-state index contributed by atoms with van der Waals surface area (Å²) in [7, 11) is 0. The van der Waals surface area contributed by atoms with Gasteiger partial charge in [-0.05, 0) is 118 Å². The van der Waals surface area contributed by atoms with Crippen LogP contribution in [0.1, 0.15) is 0 Å². The lowest BCUT2D eigenvalue weighted by Crippen LogP contribution is -1.95. The molecular weight excluding hydrogens is 715 g/mol. The molecule has 0 atom stereocenters. The van der Waals surface area contributed by atoms with Gasteiger partial charge in [-0.15, -0.1) is 0 Å². The van der Waals surface area contributed by atoms with Gasteiger partial charge in [0.05, 0.1) is 33.1 Å². The molecule has 13 aromatic rings. The monoisotopic (exact) mass is 749 g/mol. The van der Waals surface area contributed by atoms with Crippen LogP contribution in [0.15, 0.2) is 212 Å². The lowest BCUT2D eigenvalue weighted by atomic mass is 9.99. The molecule has 0 unspecified atom stereocenters. The number of benzene rings is 10. The van der Waals surface area contributed by atoms with E-state index >= 15 is 0 Å². The van der Waals surface area contributed by atoms with Gasteiger partial charge in [-0.3, -0.25) is 0 Å². The standard InChI is InChI=1S/C56H35N3/c1-2-16-42(17-3-1)57-50-21-11-9-19-46(50)55-53(57)30-31-54-56(55)48-35-41(25-29-52(48)59(54)44-27-23-37-13-5-7-15-39(37)33-44)40-24-28-51-47(34-40)45-18-8-10-20-49(45)58(51)43-26-22-36-12-4-6-14-38(36)32-43/h1-35H. The highest BCUT2D eigenvalue weighted by Crippen LogP contribution is 2.44. The third kappa shape index (κ3) is 4.70. The number of fused-ring (bicyclic) bond motifs is 12. The quantitative estimate of drug-likeness (QED) is 0.170. The maximum atomic E-state index is 2.47. The zero-order valence-electron chi connectivity index (χ0n) is 32.0. The van der Waals surface area contributed by atoms with Crippen LogP contribution >= 0.6 is 0 Å². The lowest BCUT2D eigenvalue weighted by molar-refractivity contribution is 1.17. The molecule has 0 aliphatic rings. The van der Waals surface area contributed by atoms with Crippen LogP contribution in [0.5, 0.6) is 0 Å². The zero-order chi connectivity index (χ0) is 38.6. The molecule has 0 aliphatic heterocycles. The van der Waals surface area contributed by atoms with Crippen molar-refractivity contribution in [3.05, 3.63) is 212 Å². The summed E-state index contributed by atoms with van der Waals surface area (Å²) in [6.45, 7) is 0. The Morgan fingerprint density at radius 1 is 0.220 bits per heavy atom. The molecule has 0 saturated carbocycles. The van der Waals surface area contributed by atoms with E-state index in [0.29, 0.717) is 0 Å². The second-order valence-corrected chi connectivity index (χ2v) is 15.8. The molecule has 3 nitrogen and oxygen atoms in total. The van der Waals surface area contributed by atoms with E-state index in [-0.39, 0.29) is 0 Å². The van der Waals surface area contributed by atoms with E-state index in [1.54, 1.807) is 0 Å². The number of nitrogens with zero attached hydrogens (tertiary/aromatic N) is 3. The average molecular weight is 750 g/mol. The van der Waals surface area contributed by atoms with Crippen molar-refractivity contribution in [1.29, 1.82) is 0 Å². The zero-order valence-corrected chi connectivity index (χ0v) is 32.0. The SMILES string of the molecule is c1ccc(-n2c3ccccc3c3c4c5cc(-c6ccc7c(c6)c6ccccc6n7-c6ccc7ccccc7c6)ccc5n(-c5ccc6ccccc6c5)c4ccc32)cc1. The van der Waals surface area contributed by atoms with Crippen molar-refractivity contribution in [3.8, 4) is 28.2 Å². The number of para-hydroxylation sites is 3. The molecule has 0 fully saturated rings. The van der Waals surface area contributed by atoms with Crippen LogP contribution in [0, 0.1) is 0 Å². The normalized spacial score (nSPS) is 12.1. The predicted molar refractivity (Wildman–Crippen MR) is 250 cm³/mol. The molecule has 0 bridgehead atoms. The van der Waals surface area contributed by atoms with Crippen LogP contribution in [-0.4, -0.2) is 13.7 Å². The highest BCUT2D eigenvalue weighted by Gasteiger charge is 2.22. The Bertz CT molecular complexity index is 3840. The fourth-order valence-corrected chi connectivity index (χ4v) is 9.94. The van der Waals surface area contributed by atoms with Crippen molar-refractivity contribution >= 4 is 87.0 Å². The molecular formula is C56H35N3. The lowest BCUT2D eigenvalue weighted by Gasteiger charge is -2.11. The Morgan fingerprint density at radius 3 is 1.29 bits per heavy atom. The summed E-state index contributed by atoms with van der Waals surface area (Å²) >= 11 is 0. The molecule has 0 radical (unpaired) electrons. The maximum Gasteiger partial charge on any atom is 0.0548 e. The summed E-state index contributed by atoms with van der Waals surface area (Å²) in [6.07, 6.45) is 0. The molecule has 3 heteroatoms. The van der Waals surface area contributed by atoms with Gasteiger partial charge in [0.1, 0.15) is 0 Å². The summed E-state index contributed by atoms with van der Waals surface area (Å²) in [6, 6.07) is 78.1. The fourth-order valence-electron chi connectivity index (χ4n) is 9.94. The number of hydrogen-bond donors (Lipinski definition) is 0. The first-order valence-electron chi connectivity index (χ1n) is 20.3. The molecule has 13 rings (SSSR count). The van der Waals surface area contributed by atoms with Gasteiger partial charge in [-0.2, -0.15) is 0 Å². The topological polar surface area (TPSA) is 14.8 Å². The largest absolute Gasteiger partial charge is 0.309 e. The van der Waals surface area contributed by atoms with E-state index in [1.165, 1.54) is 104 Å². The summed E-state index contributed by atoms with van der Waals surface area (Å²) in [5.41, 5.74) is 13.1.